The van der Waals surface area contributed by atoms with Crippen molar-refractivity contribution in [3.05, 3.63) is 23.8 Å². The lowest BCUT2D eigenvalue weighted by atomic mass is 10.0. The molecule has 0 aromatic heterocycles. The second kappa shape index (κ2) is 6.61. The number of rotatable bonds is 4. The van der Waals surface area contributed by atoms with Crippen molar-refractivity contribution in [1.29, 1.82) is 0 Å². The Morgan fingerprint density at radius 1 is 1.50 bits per heavy atom. The maximum Gasteiger partial charge on any atom is 0.338 e. The Labute approximate surface area is 119 Å². The van der Waals surface area contributed by atoms with Crippen molar-refractivity contribution >= 4 is 17.3 Å². The lowest BCUT2D eigenvalue weighted by molar-refractivity contribution is 0.0526. The summed E-state index contributed by atoms with van der Waals surface area (Å²) in [7, 11) is 0. The Morgan fingerprint density at radius 3 is 2.95 bits per heavy atom. The van der Waals surface area contributed by atoms with Gasteiger partial charge in [0.05, 0.1) is 36.2 Å². The van der Waals surface area contributed by atoms with Gasteiger partial charge in [-0.25, -0.2) is 4.79 Å². The van der Waals surface area contributed by atoms with E-state index in [4.69, 9.17) is 10.5 Å². The molecule has 1 aromatic rings. The molecule has 1 heterocycles. The minimum atomic E-state index is -0.358. The molecule has 5 heteroatoms. The first-order chi connectivity index (χ1) is 9.67. The molecule has 1 atom stereocenters. The molecule has 5 nitrogen and oxygen atoms in total. The molecule has 0 saturated carbocycles. The Bertz CT molecular complexity index is 476. The van der Waals surface area contributed by atoms with Crippen molar-refractivity contribution < 1.29 is 14.6 Å². The van der Waals surface area contributed by atoms with Crippen LogP contribution in [0.15, 0.2) is 18.2 Å². The fourth-order valence-electron chi connectivity index (χ4n) is 2.66. The van der Waals surface area contributed by atoms with Crippen LogP contribution in [0.25, 0.3) is 0 Å². The van der Waals surface area contributed by atoms with Gasteiger partial charge in [-0.15, -0.1) is 0 Å². The molecular weight excluding hydrogens is 256 g/mol. The molecule has 0 spiro atoms. The van der Waals surface area contributed by atoms with E-state index < -0.39 is 0 Å². The van der Waals surface area contributed by atoms with E-state index in [1.807, 2.05) is 6.07 Å². The van der Waals surface area contributed by atoms with Gasteiger partial charge in [0.25, 0.3) is 0 Å². The van der Waals surface area contributed by atoms with Crippen molar-refractivity contribution in [2.45, 2.75) is 32.2 Å². The predicted octanol–water partition coefficient (Wildman–Crippen LogP) is 1.80. The number of ether oxygens (including phenoxy) is 1. The number of carbonyl (C=O) groups excluding carboxylic acids is 1. The number of anilines is 2. The van der Waals surface area contributed by atoms with E-state index in [1.165, 1.54) is 0 Å². The molecule has 2 rings (SSSR count). The van der Waals surface area contributed by atoms with E-state index in [-0.39, 0.29) is 18.6 Å². The number of esters is 1. The fourth-order valence-corrected chi connectivity index (χ4v) is 2.66. The largest absolute Gasteiger partial charge is 0.462 e. The molecule has 0 aliphatic carbocycles. The van der Waals surface area contributed by atoms with Crippen LogP contribution in [0.1, 0.15) is 36.5 Å². The van der Waals surface area contributed by atoms with Gasteiger partial charge < -0.3 is 20.5 Å². The van der Waals surface area contributed by atoms with Crippen LogP contribution >= 0.6 is 0 Å². The van der Waals surface area contributed by atoms with Gasteiger partial charge in [-0.1, -0.05) is 0 Å². The average molecular weight is 278 g/mol. The molecule has 1 unspecified atom stereocenters. The van der Waals surface area contributed by atoms with E-state index in [0.717, 1.165) is 31.5 Å². The molecular formula is C15H22N2O3. The van der Waals surface area contributed by atoms with Gasteiger partial charge in [-0.2, -0.15) is 0 Å². The van der Waals surface area contributed by atoms with Crippen LogP contribution in [-0.4, -0.2) is 36.9 Å². The van der Waals surface area contributed by atoms with Crippen LogP contribution in [0.5, 0.6) is 0 Å². The van der Waals surface area contributed by atoms with Crippen LogP contribution in [0.3, 0.4) is 0 Å². The summed E-state index contributed by atoms with van der Waals surface area (Å²) in [5, 5.41) is 9.47. The monoisotopic (exact) mass is 278 g/mol. The Hall–Kier alpha value is -1.75. The normalized spacial score (nSPS) is 18.9. The Kier molecular flexibility index (Phi) is 4.84. The van der Waals surface area contributed by atoms with Gasteiger partial charge in [0, 0.05) is 6.54 Å². The van der Waals surface area contributed by atoms with E-state index in [2.05, 4.69) is 4.90 Å². The molecule has 3 N–H and O–H groups in total. The lowest BCUT2D eigenvalue weighted by Gasteiger charge is -2.37. The zero-order valence-corrected chi connectivity index (χ0v) is 11.8. The third kappa shape index (κ3) is 3.04. The zero-order chi connectivity index (χ0) is 14.5. The predicted molar refractivity (Wildman–Crippen MR) is 78.9 cm³/mol. The second-order valence-electron chi connectivity index (χ2n) is 5.02. The summed E-state index contributed by atoms with van der Waals surface area (Å²) in [6, 6.07) is 5.33. The summed E-state index contributed by atoms with van der Waals surface area (Å²) in [6.07, 6.45) is 3.19. The maximum atomic E-state index is 11.7. The zero-order valence-electron chi connectivity index (χ0n) is 11.8. The van der Waals surface area contributed by atoms with E-state index in [9.17, 15) is 9.90 Å². The summed E-state index contributed by atoms with van der Waals surface area (Å²) >= 11 is 0. The van der Waals surface area contributed by atoms with Crippen LogP contribution in [0.4, 0.5) is 11.4 Å². The fraction of sp³-hybridized carbons (Fsp3) is 0.533. The highest BCUT2D eigenvalue weighted by molar-refractivity contribution is 5.92. The number of carbonyl (C=O) groups is 1. The van der Waals surface area contributed by atoms with Crippen LogP contribution in [0, 0.1) is 0 Å². The molecule has 1 fully saturated rings. The highest BCUT2D eigenvalue weighted by Crippen LogP contribution is 2.30. The molecule has 1 aliphatic heterocycles. The first-order valence-corrected chi connectivity index (χ1v) is 7.11. The van der Waals surface area contributed by atoms with Gasteiger partial charge in [0.15, 0.2) is 0 Å². The standard InChI is InChI=1S/C15H22N2O3/c1-2-20-15(19)11-6-7-14(13(16)9-11)17-8-4-3-5-12(17)10-18/h6-7,9,12,18H,2-5,8,10,16H2,1H3. The minimum Gasteiger partial charge on any atom is -0.462 e. The Morgan fingerprint density at radius 2 is 2.30 bits per heavy atom. The van der Waals surface area contributed by atoms with E-state index >= 15 is 0 Å². The summed E-state index contributed by atoms with van der Waals surface area (Å²) in [5.74, 6) is -0.358. The summed E-state index contributed by atoms with van der Waals surface area (Å²) in [4.78, 5) is 13.8. The number of nitrogens with zero attached hydrogens (tertiary/aromatic N) is 1. The molecule has 0 radical (unpaired) electrons. The van der Waals surface area contributed by atoms with Crippen LogP contribution < -0.4 is 10.6 Å². The maximum absolute atomic E-state index is 11.7. The van der Waals surface area contributed by atoms with Crippen LogP contribution in [0.2, 0.25) is 0 Å². The topological polar surface area (TPSA) is 75.8 Å². The minimum absolute atomic E-state index is 0.111. The second-order valence-corrected chi connectivity index (χ2v) is 5.02. The quantitative estimate of drug-likeness (QED) is 0.649. The van der Waals surface area contributed by atoms with Crippen molar-refractivity contribution in [3.63, 3.8) is 0 Å². The number of piperidine rings is 1. The van der Waals surface area contributed by atoms with Gasteiger partial charge >= 0.3 is 5.97 Å². The lowest BCUT2D eigenvalue weighted by Crippen LogP contribution is -2.42. The highest BCUT2D eigenvalue weighted by atomic mass is 16.5. The number of benzene rings is 1. The SMILES string of the molecule is CCOC(=O)c1ccc(N2CCCCC2CO)c(N)c1. The first-order valence-electron chi connectivity index (χ1n) is 7.11. The number of aliphatic hydroxyl groups excluding tert-OH is 1. The number of hydrogen-bond donors (Lipinski definition) is 2. The van der Waals surface area contributed by atoms with Gasteiger partial charge in [0.1, 0.15) is 0 Å². The van der Waals surface area contributed by atoms with Crippen molar-refractivity contribution in [3.8, 4) is 0 Å². The molecule has 0 bridgehead atoms. The molecule has 1 aromatic carbocycles. The summed E-state index contributed by atoms with van der Waals surface area (Å²) < 4.78 is 4.96. The Balaban J connectivity index is 2.22. The van der Waals surface area contributed by atoms with Crippen molar-refractivity contribution in [1.82, 2.24) is 0 Å². The van der Waals surface area contributed by atoms with Gasteiger partial charge in [-0.3, -0.25) is 0 Å². The number of hydrogen-bond acceptors (Lipinski definition) is 5. The number of aliphatic hydroxyl groups is 1. The molecule has 1 aliphatic rings. The van der Waals surface area contributed by atoms with E-state index in [1.54, 1.807) is 19.1 Å². The number of nitrogens with two attached hydrogens (primary N) is 1. The highest BCUT2D eigenvalue weighted by Gasteiger charge is 2.23. The number of nitrogen functional groups attached to an aromatic ring is 1. The smallest absolute Gasteiger partial charge is 0.338 e. The van der Waals surface area contributed by atoms with Crippen molar-refractivity contribution in [2.24, 2.45) is 0 Å². The summed E-state index contributed by atoms with van der Waals surface area (Å²) in [6.45, 7) is 3.13. The van der Waals surface area contributed by atoms with E-state index in [0.29, 0.717) is 17.9 Å². The molecule has 0 amide bonds. The average Bonchev–Trinajstić information content (AvgIpc) is 2.47. The third-order valence-electron chi connectivity index (χ3n) is 3.69. The summed E-state index contributed by atoms with van der Waals surface area (Å²) in [5.41, 5.74) is 7.97. The van der Waals surface area contributed by atoms with Gasteiger partial charge in [0.2, 0.25) is 0 Å². The molecule has 1 saturated heterocycles. The first kappa shape index (κ1) is 14.7. The van der Waals surface area contributed by atoms with Gasteiger partial charge in [-0.05, 0) is 44.4 Å². The van der Waals surface area contributed by atoms with Crippen LogP contribution in [-0.2, 0) is 4.74 Å². The third-order valence-corrected chi connectivity index (χ3v) is 3.69. The van der Waals surface area contributed by atoms with Crippen molar-refractivity contribution in [2.75, 3.05) is 30.4 Å². The molecule has 20 heavy (non-hydrogen) atoms. The molecule has 110 valence electrons.